The summed E-state index contributed by atoms with van der Waals surface area (Å²) in [4.78, 5) is 13.0. The Kier molecular flexibility index (Phi) is 3.13. The molecule has 7 atom stereocenters. The van der Waals surface area contributed by atoms with Gasteiger partial charge in [0, 0.05) is 24.2 Å². The van der Waals surface area contributed by atoms with Gasteiger partial charge in [-0.25, -0.2) is 4.39 Å². The van der Waals surface area contributed by atoms with E-state index in [1.54, 1.807) is 0 Å². The fourth-order valence-electron chi connectivity index (χ4n) is 7.06. The van der Waals surface area contributed by atoms with Gasteiger partial charge in [-0.15, -0.1) is 0 Å². The highest BCUT2D eigenvalue weighted by Gasteiger charge is 2.67. The number of aliphatic hydroxyl groups is 1. The van der Waals surface area contributed by atoms with Crippen LogP contribution in [0.1, 0.15) is 71.6 Å². The fraction of sp³-hybridized carbons (Fsp3) is 0.947. The van der Waals surface area contributed by atoms with Gasteiger partial charge in [-0.2, -0.15) is 0 Å². The lowest BCUT2D eigenvalue weighted by Crippen LogP contribution is -2.58. The van der Waals surface area contributed by atoms with Crippen LogP contribution in [-0.2, 0) is 4.79 Å². The molecule has 4 aliphatic carbocycles. The molecule has 0 aromatic rings. The lowest BCUT2D eigenvalue weighted by molar-refractivity contribution is -0.206. The monoisotopic (exact) mass is 308 g/mol. The average Bonchev–Trinajstić information content (AvgIpc) is 2.68. The molecular weight excluding hydrogens is 279 g/mol. The van der Waals surface area contributed by atoms with Crippen molar-refractivity contribution in [1.29, 1.82) is 0 Å². The second kappa shape index (κ2) is 4.55. The Labute approximate surface area is 132 Å². The third-order valence-electron chi connectivity index (χ3n) is 8.32. The van der Waals surface area contributed by atoms with Gasteiger partial charge in [0.1, 0.15) is 5.78 Å². The van der Waals surface area contributed by atoms with Gasteiger partial charge in [0.2, 0.25) is 5.85 Å². The Morgan fingerprint density at radius 3 is 2.64 bits per heavy atom. The zero-order valence-electron chi connectivity index (χ0n) is 13.9. The zero-order chi connectivity index (χ0) is 15.8. The van der Waals surface area contributed by atoms with Crippen molar-refractivity contribution >= 4 is 5.78 Å². The predicted octanol–water partition coefficient (Wildman–Crippen LogP) is 4.26. The van der Waals surface area contributed by atoms with E-state index in [0.717, 1.165) is 19.3 Å². The van der Waals surface area contributed by atoms with Gasteiger partial charge < -0.3 is 5.11 Å². The number of Topliss-reactive ketones (excluding diaryl/α,β-unsaturated/α-hetero) is 1. The fourth-order valence-corrected chi connectivity index (χ4v) is 7.06. The maximum absolute atomic E-state index is 14.7. The quantitative estimate of drug-likeness (QED) is 0.726. The highest BCUT2D eigenvalue weighted by molar-refractivity contribution is 5.84. The standard InChI is InChI=1S/C19H29FO2/c1-17-9-4-3-5-12(17)6-7-13-14-8-10-19(20,22)18(14,2)11-15(21)16(13)17/h12-14,16,22H,3-11H2,1-2H3/t12?,13-,14-,16-,17-,18-,19?/m0/s1. The van der Waals surface area contributed by atoms with Crippen LogP contribution >= 0.6 is 0 Å². The molecule has 4 saturated carbocycles. The smallest absolute Gasteiger partial charge is 0.212 e. The number of hydrogen-bond acceptors (Lipinski definition) is 2. The van der Waals surface area contributed by atoms with Gasteiger partial charge >= 0.3 is 0 Å². The summed E-state index contributed by atoms with van der Waals surface area (Å²) in [5.74, 6) is -0.612. The van der Waals surface area contributed by atoms with Gasteiger partial charge in [-0.3, -0.25) is 4.79 Å². The van der Waals surface area contributed by atoms with Crippen molar-refractivity contribution in [1.82, 2.24) is 0 Å². The van der Waals surface area contributed by atoms with Crippen LogP contribution in [0.15, 0.2) is 0 Å². The molecule has 0 bridgehead atoms. The van der Waals surface area contributed by atoms with E-state index in [2.05, 4.69) is 6.92 Å². The molecule has 2 nitrogen and oxygen atoms in total. The topological polar surface area (TPSA) is 37.3 Å². The molecule has 4 fully saturated rings. The van der Waals surface area contributed by atoms with E-state index in [-0.39, 0.29) is 35.9 Å². The molecule has 0 aromatic heterocycles. The Morgan fingerprint density at radius 1 is 1.09 bits per heavy atom. The SMILES string of the molecule is C[C@]12CCCCC1CC[C@@H]1[C@H]2C(=O)C[C@@]2(C)[C@H]1CCC2(O)F. The van der Waals surface area contributed by atoms with Crippen molar-refractivity contribution in [2.45, 2.75) is 77.5 Å². The van der Waals surface area contributed by atoms with E-state index in [4.69, 9.17) is 0 Å². The molecule has 0 aliphatic heterocycles. The minimum Gasteiger partial charge on any atom is -0.361 e. The Bertz CT molecular complexity index is 502. The Balaban J connectivity index is 1.73. The number of ketones is 1. The van der Waals surface area contributed by atoms with Crippen molar-refractivity contribution in [2.75, 3.05) is 0 Å². The first-order valence-corrected chi connectivity index (χ1v) is 9.24. The number of rotatable bonds is 0. The van der Waals surface area contributed by atoms with E-state index < -0.39 is 11.3 Å². The summed E-state index contributed by atoms with van der Waals surface area (Å²) in [5, 5.41) is 10.2. The van der Waals surface area contributed by atoms with Crippen LogP contribution < -0.4 is 0 Å². The minimum atomic E-state index is -2.15. The van der Waals surface area contributed by atoms with Crippen molar-refractivity contribution in [2.24, 2.45) is 34.5 Å². The normalized spacial score (nSPS) is 57.9. The minimum absolute atomic E-state index is 0.124. The van der Waals surface area contributed by atoms with Crippen LogP contribution in [0.4, 0.5) is 4.39 Å². The molecule has 124 valence electrons. The summed E-state index contributed by atoms with van der Waals surface area (Å²) in [6, 6.07) is 0. The molecule has 0 amide bonds. The summed E-state index contributed by atoms with van der Waals surface area (Å²) < 4.78 is 14.7. The second-order valence-corrected chi connectivity index (χ2v) is 9.13. The van der Waals surface area contributed by atoms with Crippen LogP contribution in [0.25, 0.3) is 0 Å². The first-order valence-electron chi connectivity index (χ1n) is 9.24. The van der Waals surface area contributed by atoms with Crippen LogP contribution in [-0.4, -0.2) is 16.7 Å². The van der Waals surface area contributed by atoms with Crippen molar-refractivity contribution in [3.8, 4) is 0 Å². The van der Waals surface area contributed by atoms with E-state index in [9.17, 15) is 14.3 Å². The zero-order valence-corrected chi connectivity index (χ0v) is 13.9. The lowest BCUT2D eigenvalue weighted by atomic mass is 9.45. The number of carbonyl (C=O) groups excluding carboxylic acids is 1. The summed E-state index contributed by atoms with van der Waals surface area (Å²) >= 11 is 0. The van der Waals surface area contributed by atoms with Crippen LogP contribution in [0, 0.1) is 34.5 Å². The third-order valence-corrected chi connectivity index (χ3v) is 8.32. The lowest BCUT2D eigenvalue weighted by Gasteiger charge is -2.59. The first kappa shape index (κ1) is 15.1. The van der Waals surface area contributed by atoms with E-state index in [1.165, 1.54) is 25.7 Å². The summed E-state index contributed by atoms with van der Waals surface area (Å²) in [6.45, 7) is 4.17. The maximum atomic E-state index is 14.7. The molecule has 22 heavy (non-hydrogen) atoms. The Hall–Kier alpha value is -0.440. The maximum Gasteiger partial charge on any atom is 0.212 e. The van der Waals surface area contributed by atoms with Crippen molar-refractivity contribution < 1.29 is 14.3 Å². The molecule has 4 aliphatic rings. The molecular formula is C19H29FO2. The average molecular weight is 308 g/mol. The second-order valence-electron chi connectivity index (χ2n) is 9.13. The number of fused-ring (bicyclic) bond motifs is 5. The van der Waals surface area contributed by atoms with E-state index in [1.807, 2.05) is 6.92 Å². The number of halogens is 1. The van der Waals surface area contributed by atoms with Gasteiger partial charge in [0.25, 0.3) is 0 Å². The molecule has 2 unspecified atom stereocenters. The van der Waals surface area contributed by atoms with E-state index >= 15 is 0 Å². The van der Waals surface area contributed by atoms with Crippen LogP contribution in [0.3, 0.4) is 0 Å². The van der Waals surface area contributed by atoms with E-state index in [0.29, 0.717) is 11.8 Å². The van der Waals surface area contributed by atoms with Crippen molar-refractivity contribution in [3.05, 3.63) is 0 Å². The third kappa shape index (κ3) is 1.72. The largest absolute Gasteiger partial charge is 0.361 e. The highest BCUT2D eigenvalue weighted by Crippen LogP contribution is 2.67. The molecule has 0 aromatic carbocycles. The molecule has 0 heterocycles. The number of carbonyl (C=O) groups is 1. The molecule has 3 heteroatoms. The summed E-state index contributed by atoms with van der Waals surface area (Å²) in [6.07, 6.45) is 8.43. The molecule has 1 N–H and O–H groups in total. The Morgan fingerprint density at radius 2 is 1.86 bits per heavy atom. The predicted molar refractivity (Wildman–Crippen MR) is 82.8 cm³/mol. The van der Waals surface area contributed by atoms with Gasteiger partial charge in [-0.1, -0.05) is 26.7 Å². The molecule has 0 saturated heterocycles. The first-order chi connectivity index (χ1) is 10.3. The molecule has 0 radical (unpaired) electrons. The van der Waals surface area contributed by atoms with Crippen molar-refractivity contribution in [3.63, 3.8) is 0 Å². The van der Waals surface area contributed by atoms with Crippen LogP contribution in [0.5, 0.6) is 0 Å². The number of hydrogen-bond donors (Lipinski definition) is 1. The van der Waals surface area contributed by atoms with Crippen LogP contribution in [0.2, 0.25) is 0 Å². The van der Waals surface area contributed by atoms with Gasteiger partial charge in [0.05, 0.1) is 0 Å². The van der Waals surface area contributed by atoms with Gasteiger partial charge in [-0.05, 0) is 55.3 Å². The number of alkyl halides is 1. The molecule has 4 rings (SSSR count). The highest BCUT2D eigenvalue weighted by atomic mass is 19.2. The molecule has 0 spiro atoms. The van der Waals surface area contributed by atoms with Gasteiger partial charge in [0.15, 0.2) is 0 Å². The summed E-state index contributed by atoms with van der Waals surface area (Å²) in [5.41, 5.74) is -0.709. The summed E-state index contributed by atoms with van der Waals surface area (Å²) in [7, 11) is 0.